The summed E-state index contributed by atoms with van der Waals surface area (Å²) in [5.74, 6) is -2.12. The van der Waals surface area contributed by atoms with Gasteiger partial charge in [-0.3, -0.25) is 26.8 Å². The predicted octanol–water partition coefficient (Wildman–Crippen LogP) is -7.37. The first-order chi connectivity index (χ1) is 18.2. The van der Waals surface area contributed by atoms with Crippen molar-refractivity contribution in [2.75, 3.05) is 13.2 Å². The van der Waals surface area contributed by atoms with Crippen molar-refractivity contribution in [2.45, 2.75) is 55.1 Å². The fourth-order valence-electron chi connectivity index (χ4n) is 3.23. The number of hydrogen-bond donors (Lipinski definition) is 2. The van der Waals surface area contributed by atoms with E-state index in [1.54, 1.807) is 0 Å². The highest BCUT2D eigenvalue weighted by Crippen LogP contribution is 2.34. The SMILES string of the molecule is O=C([O-])C1OC(OC2C(COSOO[O-])OC(COS(=O)(=O)[O-])C2O)C(OS(=O)(=O)[O-])C(O)C1OSOO[O-]. The van der Waals surface area contributed by atoms with Crippen molar-refractivity contribution in [1.82, 2.24) is 0 Å². The van der Waals surface area contributed by atoms with Crippen LogP contribution in [0.4, 0.5) is 0 Å². The molecule has 0 amide bonds. The molecule has 0 aromatic heterocycles. The summed E-state index contributed by atoms with van der Waals surface area (Å²) in [5.41, 5.74) is 0. The van der Waals surface area contributed by atoms with Gasteiger partial charge in [-0.25, -0.2) is 16.8 Å². The Morgan fingerprint density at radius 2 is 1.49 bits per heavy atom. The second kappa shape index (κ2) is 15.6. The highest BCUT2D eigenvalue weighted by atomic mass is 32.3. The van der Waals surface area contributed by atoms with Gasteiger partial charge in [0, 0.05) is 0 Å². The minimum Gasteiger partial charge on any atom is -0.726 e. The normalized spacial score (nSPS) is 33.8. The fourth-order valence-corrected chi connectivity index (χ4v) is 4.62. The molecule has 2 saturated heterocycles. The van der Waals surface area contributed by atoms with Gasteiger partial charge < -0.3 is 53.9 Å². The summed E-state index contributed by atoms with van der Waals surface area (Å²) in [5, 5.41) is 58.4. The predicted molar refractivity (Wildman–Crippen MR) is 99.8 cm³/mol. The lowest BCUT2D eigenvalue weighted by atomic mass is 9.98. The van der Waals surface area contributed by atoms with Crippen LogP contribution in [0.5, 0.6) is 0 Å². The summed E-state index contributed by atoms with van der Waals surface area (Å²) in [6, 6.07) is 0. The number of aliphatic carboxylic acids is 1. The number of carboxylic acid groups (broad SMARTS) is 1. The molecule has 39 heavy (non-hydrogen) atoms. The highest BCUT2D eigenvalue weighted by Gasteiger charge is 2.53. The molecule has 2 heterocycles. The molecule has 0 radical (unpaired) electrons. The van der Waals surface area contributed by atoms with Crippen LogP contribution in [0.25, 0.3) is 0 Å². The summed E-state index contributed by atoms with van der Waals surface area (Å²) >= 11 is -0.405. The lowest BCUT2D eigenvalue weighted by Crippen LogP contribution is -2.64. The number of rotatable bonds is 17. The molecule has 23 nitrogen and oxygen atoms in total. The third-order valence-electron chi connectivity index (χ3n) is 4.63. The lowest BCUT2D eigenvalue weighted by Gasteiger charge is -2.44. The first kappa shape index (κ1) is 34.6. The van der Waals surface area contributed by atoms with E-state index >= 15 is 0 Å². The molecule has 230 valence electrons. The summed E-state index contributed by atoms with van der Waals surface area (Å²) in [6.07, 6.45) is -18.9. The first-order valence-corrected chi connectivity index (χ1v) is 13.5. The Labute approximate surface area is 226 Å². The zero-order valence-electron chi connectivity index (χ0n) is 18.2. The smallest absolute Gasteiger partial charge is 0.218 e. The minimum absolute atomic E-state index is 0.0636. The monoisotopic (exact) mass is 655 g/mol. The van der Waals surface area contributed by atoms with E-state index in [9.17, 15) is 56.6 Å². The second-order valence-electron chi connectivity index (χ2n) is 6.95. The van der Waals surface area contributed by atoms with Gasteiger partial charge in [-0.15, -0.1) is 8.67 Å². The molecule has 2 aliphatic heterocycles. The Kier molecular flexibility index (Phi) is 13.8. The van der Waals surface area contributed by atoms with Crippen LogP contribution >= 0.6 is 24.6 Å². The minimum atomic E-state index is -5.70. The molecule has 0 aromatic carbocycles. The van der Waals surface area contributed by atoms with Crippen molar-refractivity contribution in [3.8, 4) is 0 Å². The van der Waals surface area contributed by atoms with Gasteiger partial charge in [-0.1, -0.05) is 0 Å². The van der Waals surface area contributed by atoms with Crippen LogP contribution < -0.4 is 15.6 Å². The average molecular weight is 655 g/mol. The van der Waals surface area contributed by atoms with Crippen LogP contribution in [0.1, 0.15) is 0 Å². The third kappa shape index (κ3) is 11.0. The van der Waals surface area contributed by atoms with E-state index in [-0.39, 0.29) is 24.6 Å². The molecule has 2 rings (SSSR count). The van der Waals surface area contributed by atoms with Crippen molar-refractivity contribution < 1.29 is 106 Å². The van der Waals surface area contributed by atoms with Gasteiger partial charge >= 0.3 is 0 Å². The van der Waals surface area contributed by atoms with E-state index in [1.165, 1.54) is 0 Å². The van der Waals surface area contributed by atoms with Gasteiger partial charge in [-0.05, 0) is 0 Å². The third-order valence-corrected chi connectivity index (χ3v) is 6.26. The maximum Gasteiger partial charge on any atom is 0.218 e. The summed E-state index contributed by atoms with van der Waals surface area (Å²) < 4.78 is 107. The zero-order valence-corrected chi connectivity index (χ0v) is 21.5. The van der Waals surface area contributed by atoms with Crippen LogP contribution in [-0.2, 0) is 75.3 Å². The molecule has 2 aliphatic rings. The van der Waals surface area contributed by atoms with Crippen LogP contribution in [0, 0.1) is 0 Å². The second-order valence-corrected chi connectivity index (χ2v) is 9.99. The van der Waals surface area contributed by atoms with Crippen LogP contribution in [0.2, 0.25) is 0 Å². The summed E-state index contributed by atoms with van der Waals surface area (Å²) in [4.78, 5) is 11.6. The van der Waals surface area contributed by atoms with Gasteiger partial charge in [0.25, 0.3) is 0 Å². The Hall–Kier alpha value is -0.610. The maximum absolute atomic E-state index is 11.6. The fraction of sp³-hybridized carbons (Fsp3) is 0.917. The van der Waals surface area contributed by atoms with Gasteiger partial charge in [0.2, 0.25) is 20.8 Å². The van der Waals surface area contributed by atoms with Crippen molar-refractivity contribution >= 4 is 51.4 Å². The molecule has 2 N–H and O–H groups in total. The van der Waals surface area contributed by atoms with Gasteiger partial charge in [0.15, 0.2) is 37.0 Å². The quantitative estimate of drug-likeness (QED) is 0.0367. The van der Waals surface area contributed by atoms with E-state index in [2.05, 4.69) is 31.3 Å². The molecular weight excluding hydrogens is 640 g/mol. The number of carbonyl (C=O) groups is 1. The van der Waals surface area contributed by atoms with E-state index in [4.69, 9.17) is 18.4 Å². The van der Waals surface area contributed by atoms with E-state index in [0.29, 0.717) is 0 Å². The Bertz CT molecular complexity index is 976. The van der Waals surface area contributed by atoms with Gasteiger partial charge in [-0.2, -0.15) is 0 Å². The molecule has 9 unspecified atom stereocenters. The van der Waals surface area contributed by atoms with Crippen LogP contribution in [0.15, 0.2) is 0 Å². The number of aliphatic hydroxyl groups excluding tert-OH is 2. The highest BCUT2D eigenvalue weighted by molar-refractivity contribution is 7.89. The Morgan fingerprint density at radius 3 is 2.05 bits per heavy atom. The molecule has 0 saturated carbocycles. The number of carbonyl (C=O) groups excluding carboxylic acids is 1. The number of aliphatic hydroxyl groups is 2. The average Bonchev–Trinajstić information content (AvgIpc) is 3.12. The molecule has 2 fully saturated rings. The topological polar surface area (TPSA) is 343 Å². The molecule has 9 atom stereocenters. The van der Waals surface area contributed by atoms with Gasteiger partial charge in [0.1, 0.15) is 42.7 Å². The molecule has 0 aliphatic carbocycles. The molecule has 0 bridgehead atoms. The van der Waals surface area contributed by atoms with Crippen molar-refractivity contribution in [3.05, 3.63) is 0 Å². The molecule has 0 aromatic rings. The standard InChI is InChI=1S/C12H20O23S4/c13-5-3(2-26-38(19,20)21)27-4(1-25-36-34-32-17)7(5)28-12-9(31-39(22,23)24)6(14)8(30-37-35-33-18)10(29-12)11(15)16/h3-10,12-14,17-18H,1-2H2,(H,15,16)(H,19,20,21)(H,22,23,24)/p-5. The largest absolute Gasteiger partial charge is 0.726 e. The Morgan fingerprint density at radius 1 is 0.846 bits per heavy atom. The molecule has 0 spiro atoms. The molecule has 27 heteroatoms. The van der Waals surface area contributed by atoms with Crippen molar-refractivity contribution in [1.29, 1.82) is 0 Å². The van der Waals surface area contributed by atoms with Crippen molar-refractivity contribution in [2.24, 2.45) is 0 Å². The first-order valence-electron chi connectivity index (χ1n) is 9.49. The van der Waals surface area contributed by atoms with Gasteiger partial charge in [0.05, 0.1) is 19.2 Å². The summed E-state index contributed by atoms with van der Waals surface area (Å²) in [7, 11) is -11.0. The number of hydrogen-bond acceptors (Lipinski definition) is 25. The number of carboxylic acids is 1. The Balaban J connectivity index is 2.32. The lowest BCUT2D eigenvalue weighted by molar-refractivity contribution is -0.777. The maximum atomic E-state index is 11.6. The van der Waals surface area contributed by atoms with E-state index in [0.717, 1.165) is 0 Å². The number of ether oxygens (including phenoxy) is 3. The van der Waals surface area contributed by atoms with Crippen molar-refractivity contribution in [3.63, 3.8) is 0 Å². The van der Waals surface area contributed by atoms with Crippen LogP contribution in [-0.4, -0.2) is 110 Å². The van der Waals surface area contributed by atoms with E-state index < -0.39 is 95.1 Å². The zero-order chi connectivity index (χ0) is 29.4. The van der Waals surface area contributed by atoms with Crippen LogP contribution in [0.3, 0.4) is 0 Å². The summed E-state index contributed by atoms with van der Waals surface area (Å²) in [6.45, 7) is -1.81. The van der Waals surface area contributed by atoms with E-state index in [1.807, 2.05) is 0 Å². The molecular formula is C12H15O23S4-5.